The van der Waals surface area contributed by atoms with E-state index in [4.69, 9.17) is 14.2 Å². The van der Waals surface area contributed by atoms with Gasteiger partial charge in [-0.1, -0.05) is 23.8 Å². The van der Waals surface area contributed by atoms with Gasteiger partial charge in [-0.05, 0) is 61.4 Å². The van der Waals surface area contributed by atoms with Gasteiger partial charge in [0.25, 0.3) is 11.7 Å². The first-order valence-electron chi connectivity index (χ1n) is 11.2. The molecule has 0 saturated carbocycles. The van der Waals surface area contributed by atoms with Gasteiger partial charge in [-0.25, -0.2) is 4.39 Å². The summed E-state index contributed by atoms with van der Waals surface area (Å²) < 4.78 is 30.5. The summed E-state index contributed by atoms with van der Waals surface area (Å²) in [5.74, 6) is -1.78. The molecule has 3 aromatic carbocycles. The van der Waals surface area contributed by atoms with E-state index < -0.39 is 23.5 Å². The molecule has 1 saturated heterocycles. The van der Waals surface area contributed by atoms with Gasteiger partial charge in [0.1, 0.15) is 11.6 Å². The largest absolute Gasteiger partial charge is 0.507 e. The van der Waals surface area contributed by atoms with E-state index in [1.807, 2.05) is 19.1 Å². The van der Waals surface area contributed by atoms with Gasteiger partial charge in [0.2, 0.25) is 5.75 Å². The number of carbonyl (C=O) groups excluding carboxylic acids is 2. The zero-order valence-electron chi connectivity index (χ0n) is 20.6. The minimum Gasteiger partial charge on any atom is -0.507 e. The summed E-state index contributed by atoms with van der Waals surface area (Å²) in [6.07, 6.45) is 0. The molecule has 3 aromatic rings. The number of aryl methyl sites for hydroxylation is 2. The topological polar surface area (TPSA) is 85.3 Å². The molecule has 186 valence electrons. The zero-order valence-corrected chi connectivity index (χ0v) is 20.6. The number of halogens is 1. The van der Waals surface area contributed by atoms with Crippen LogP contribution in [0.2, 0.25) is 0 Å². The molecule has 1 heterocycles. The normalized spacial score (nSPS) is 16.8. The van der Waals surface area contributed by atoms with Crippen molar-refractivity contribution < 1.29 is 33.3 Å². The second-order valence-electron chi connectivity index (χ2n) is 8.43. The number of rotatable bonds is 6. The molecule has 0 aromatic heterocycles. The van der Waals surface area contributed by atoms with Gasteiger partial charge < -0.3 is 19.3 Å². The summed E-state index contributed by atoms with van der Waals surface area (Å²) in [5, 5.41) is 11.4. The van der Waals surface area contributed by atoms with Gasteiger partial charge in [0, 0.05) is 11.3 Å². The molecular weight excluding hydrogens is 465 g/mol. The van der Waals surface area contributed by atoms with Crippen molar-refractivity contribution >= 4 is 23.1 Å². The molecule has 1 aliphatic rings. The smallest absolute Gasteiger partial charge is 0.300 e. The summed E-state index contributed by atoms with van der Waals surface area (Å²) in [6.45, 7) is 3.66. The van der Waals surface area contributed by atoms with Crippen LogP contribution in [0, 0.1) is 19.7 Å². The number of amides is 1. The first kappa shape index (κ1) is 24.8. The lowest BCUT2D eigenvalue weighted by Gasteiger charge is -2.26. The molecule has 1 aliphatic heterocycles. The number of benzene rings is 3. The van der Waals surface area contributed by atoms with Crippen LogP contribution in [-0.2, 0) is 9.59 Å². The Kier molecular flexibility index (Phi) is 6.70. The fourth-order valence-corrected chi connectivity index (χ4v) is 4.44. The van der Waals surface area contributed by atoms with Crippen LogP contribution in [-0.4, -0.2) is 38.1 Å². The van der Waals surface area contributed by atoms with E-state index in [1.54, 1.807) is 25.1 Å². The van der Waals surface area contributed by atoms with Crippen LogP contribution in [0.3, 0.4) is 0 Å². The third kappa shape index (κ3) is 4.15. The fraction of sp³-hybridized carbons (Fsp3) is 0.214. The standard InChI is InChI=1S/C28H26FNO6/c1-15-9-10-16(2)20(11-15)25(31)23-24(17-12-21(34-3)27(36-5)22(13-17)35-4)30(28(33)26(23)32)19-8-6-7-18(29)14-19/h6-14,24,31H,1-5H3/b25-23+. The maximum atomic E-state index is 14.2. The highest BCUT2D eigenvalue weighted by molar-refractivity contribution is 6.51. The van der Waals surface area contributed by atoms with Crippen molar-refractivity contribution in [2.45, 2.75) is 19.9 Å². The Bertz CT molecular complexity index is 1370. The molecule has 1 unspecified atom stereocenters. The fourth-order valence-electron chi connectivity index (χ4n) is 4.44. The summed E-state index contributed by atoms with van der Waals surface area (Å²) in [7, 11) is 4.35. The van der Waals surface area contributed by atoms with Crippen molar-refractivity contribution in [1.29, 1.82) is 0 Å². The Morgan fingerprint density at radius 2 is 1.58 bits per heavy atom. The number of ether oxygens (including phenoxy) is 3. The molecule has 0 radical (unpaired) electrons. The summed E-state index contributed by atoms with van der Waals surface area (Å²) >= 11 is 0. The van der Waals surface area contributed by atoms with Crippen LogP contribution in [0.5, 0.6) is 17.2 Å². The number of hydrogen-bond donors (Lipinski definition) is 1. The van der Waals surface area contributed by atoms with E-state index >= 15 is 0 Å². The maximum Gasteiger partial charge on any atom is 0.300 e. The van der Waals surface area contributed by atoms with E-state index in [1.165, 1.54) is 44.4 Å². The number of nitrogens with zero attached hydrogens (tertiary/aromatic N) is 1. The van der Waals surface area contributed by atoms with E-state index in [0.29, 0.717) is 28.4 Å². The molecule has 0 spiro atoms. The highest BCUT2D eigenvalue weighted by Gasteiger charge is 2.47. The Labute approximate surface area is 208 Å². The molecule has 0 aliphatic carbocycles. The SMILES string of the molecule is COc1cc(C2/C(=C(\O)c3cc(C)ccc3C)C(=O)C(=O)N2c2cccc(F)c2)cc(OC)c1OC. The minimum atomic E-state index is -1.10. The van der Waals surface area contributed by atoms with E-state index in [9.17, 15) is 19.1 Å². The summed E-state index contributed by atoms with van der Waals surface area (Å²) in [5.41, 5.74) is 2.44. The van der Waals surface area contributed by atoms with Gasteiger partial charge in [-0.3, -0.25) is 14.5 Å². The molecule has 4 rings (SSSR count). The van der Waals surface area contributed by atoms with Crippen LogP contribution in [0.15, 0.2) is 60.2 Å². The predicted octanol–water partition coefficient (Wildman–Crippen LogP) is 5.09. The van der Waals surface area contributed by atoms with Crippen molar-refractivity contribution in [2.24, 2.45) is 0 Å². The van der Waals surface area contributed by atoms with Gasteiger partial charge in [0.15, 0.2) is 11.5 Å². The van der Waals surface area contributed by atoms with Crippen molar-refractivity contribution in [1.82, 2.24) is 0 Å². The second kappa shape index (κ2) is 9.73. The van der Waals surface area contributed by atoms with Gasteiger partial charge in [-0.15, -0.1) is 0 Å². The zero-order chi connectivity index (χ0) is 26.1. The first-order valence-corrected chi connectivity index (χ1v) is 11.2. The van der Waals surface area contributed by atoms with E-state index in [0.717, 1.165) is 17.2 Å². The number of anilines is 1. The Morgan fingerprint density at radius 3 is 2.17 bits per heavy atom. The van der Waals surface area contributed by atoms with Crippen molar-refractivity contribution in [3.05, 3.63) is 88.2 Å². The minimum absolute atomic E-state index is 0.132. The third-order valence-electron chi connectivity index (χ3n) is 6.18. The van der Waals surface area contributed by atoms with Crippen LogP contribution in [0.4, 0.5) is 10.1 Å². The Morgan fingerprint density at radius 1 is 0.917 bits per heavy atom. The molecule has 1 atom stereocenters. The molecule has 36 heavy (non-hydrogen) atoms. The van der Waals surface area contributed by atoms with Crippen molar-refractivity contribution in [3.8, 4) is 17.2 Å². The molecule has 1 N–H and O–H groups in total. The second-order valence-corrected chi connectivity index (χ2v) is 8.43. The predicted molar refractivity (Wildman–Crippen MR) is 133 cm³/mol. The molecule has 0 bridgehead atoms. The highest BCUT2D eigenvalue weighted by Crippen LogP contribution is 2.47. The van der Waals surface area contributed by atoms with Crippen molar-refractivity contribution in [3.63, 3.8) is 0 Å². The number of ketones is 1. The van der Waals surface area contributed by atoms with Crippen molar-refractivity contribution in [2.75, 3.05) is 26.2 Å². The van der Waals surface area contributed by atoms with Gasteiger partial charge in [0.05, 0.1) is 32.9 Å². The molecule has 7 nitrogen and oxygen atoms in total. The summed E-state index contributed by atoms with van der Waals surface area (Å²) in [6, 6.07) is 12.9. The lowest BCUT2D eigenvalue weighted by molar-refractivity contribution is -0.132. The lowest BCUT2D eigenvalue weighted by atomic mass is 9.92. The lowest BCUT2D eigenvalue weighted by Crippen LogP contribution is -2.29. The van der Waals surface area contributed by atoms with Gasteiger partial charge >= 0.3 is 0 Å². The number of carbonyl (C=O) groups is 2. The van der Waals surface area contributed by atoms with E-state index in [2.05, 4.69) is 0 Å². The monoisotopic (exact) mass is 491 g/mol. The average molecular weight is 492 g/mol. The number of aliphatic hydroxyl groups is 1. The Balaban J connectivity index is 2.05. The first-order chi connectivity index (χ1) is 17.2. The van der Waals surface area contributed by atoms with Crippen LogP contribution in [0.1, 0.15) is 28.3 Å². The van der Waals surface area contributed by atoms with E-state index in [-0.39, 0.29) is 17.0 Å². The highest BCUT2D eigenvalue weighted by atomic mass is 19.1. The average Bonchev–Trinajstić information content (AvgIpc) is 3.14. The Hall–Kier alpha value is -4.33. The summed E-state index contributed by atoms with van der Waals surface area (Å²) in [4.78, 5) is 27.9. The number of aliphatic hydroxyl groups excluding tert-OH is 1. The number of Topliss-reactive ketones (excluding diaryl/α,β-unsaturated/α-hetero) is 1. The van der Waals surface area contributed by atoms with Crippen LogP contribution < -0.4 is 19.1 Å². The van der Waals surface area contributed by atoms with Crippen LogP contribution in [0.25, 0.3) is 5.76 Å². The number of hydrogen-bond acceptors (Lipinski definition) is 6. The quantitative estimate of drug-likeness (QED) is 0.294. The maximum absolute atomic E-state index is 14.2. The van der Waals surface area contributed by atoms with Gasteiger partial charge in [-0.2, -0.15) is 0 Å². The molecule has 1 fully saturated rings. The third-order valence-corrected chi connectivity index (χ3v) is 6.18. The number of methoxy groups -OCH3 is 3. The molecule has 1 amide bonds. The molecular formula is C28H26FNO6. The molecule has 8 heteroatoms. The van der Waals surface area contributed by atoms with Crippen LogP contribution >= 0.6 is 0 Å².